The normalized spacial score (nSPS) is 29.7. The number of hydrogen-bond donors (Lipinski definition) is 3. The van der Waals surface area contributed by atoms with Crippen LogP contribution in [0.25, 0.3) is 0 Å². The largest absolute Gasteiger partial charge is 0.393 e. The molecule has 1 fully saturated rings. The predicted molar refractivity (Wildman–Crippen MR) is 134 cm³/mol. The Balaban J connectivity index is 2.26. The number of nitrogens with zero attached hydrogens (tertiary/aromatic N) is 1. The van der Waals surface area contributed by atoms with E-state index in [1.54, 1.807) is 35.3 Å². The van der Waals surface area contributed by atoms with Gasteiger partial charge in [0.25, 0.3) is 0 Å². The molecule has 5 heteroatoms. The van der Waals surface area contributed by atoms with Gasteiger partial charge in [-0.05, 0) is 32.6 Å². The maximum absolute atomic E-state index is 13.1. The highest BCUT2D eigenvalue weighted by molar-refractivity contribution is 5.89. The summed E-state index contributed by atoms with van der Waals surface area (Å²) in [4.78, 5) is 14.9. The van der Waals surface area contributed by atoms with E-state index in [-0.39, 0.29) is 18.4 Å². The summed E-state index contributed by atoms with van der Waals surface area (Å²) in [6.45, 7) is 4.07. The van der Waals surface area contributed by atoms with Gasteiger partial charge in [-0.15, -0.1) is 0 Å². The second kappa shape index (κ2) is 14.6. The molecular formula is C28H39NO4. The molecule has 0 aliphatic carbocycles. The molecule has 0 bridgehead atoms. The summed E-state index contributed by atoms with van der Waals surface area (Å²) in [5.41, 5.74) is 0.919. The number of rotatable bonds is 5. The van der Waals surface area contributed by atoms with Crippen molar-refractivity contribution in [2.75, 3.05) is 0 Å². The van der Waals surface area contributed by atoms with E-state index in [1.807, 2.05) is 37.3 Å². The van der Waals surface area contributed by atoms with Crippen molar-refractivity contribution in [2.24, 2.45) is 0 Å². The summed E-state index contributed by atoms with van der Waals surface area (Å²) in [5.74, 6) is -0.144. The van der Waals surface area contributed by atoms with E-state index in [0.717, 1.165) is 18.4 Å². The van der Waals surface area contributed by atoms with Crippen LogP contribution >= 0.6 is 0 Å². The van der Waals surface area contributed by atoms with Crippen molar-refractivity contribution in [3.8, 4) is 0 Å². The fraction of sp³-hybridized carbons (Fsp3) is 0.464. The van der Waals surface area contributed by atoms with Gasteiger partial charge in [-0.3, -0.25) is 4.79 Å². The number of aliphatic hydroxyl groups excluding tert-OH is 3. The number of allylic oxidation sites excluding steroid dienone is 9. The van der Waals surface area contributed by atoms with Gasteiger partial charge in [-0.1, -0.05) is 91.8 Å². The van der Waals surface area contributed by atoms with E-state index in [4.69, 9.17) is 0 Å². The van der Waals surface area contributed by atoms with Crippen molar-refractivity contribution in [1.82, 2.24) is 4.90 Å². The number of aliphatic hydroxyl groups is 3. The Labute approximate surface area is 198 Å². The quantitative estimate of drug-likeness (QED) is 0.542. The van der Waals surface area contributed by atoms with Crippen molar-refractivity contribution < 1.29 is 20.1 Å². The van der Waals surface area contributed by atoms with E-state index in [1.165, 1.54) is 6.08 Å². The molecule has 1 saturated heterocycles. The minimum Gasteiger partial charge on any atom is -0.393 e. The highest BCUT2D eigenvalue weighted by atomic mass is 16.3. The zero-order valence-electron chi connectivity index (χ0n) is 19.8. The summed E-state index contributed by atoms with van der Waals surface area (Å²) < 4.78 is 0. The van der Waals surface area contributed by atoms with Crippen LogP contribution in [0.1, 0.15) is 52.4 Å². The number of carbonyl (C=O) groups excluding carboxylic acids is 1. The van der Waals surface area contributed by atoms with Gasteiger partial charge in [0.15, 0.2) is 0 Å². The zero-order chi connectivity index (χ0) is 24.1. The second-order valence-electron chi connectivity index (χ2n) is 8.71. The summed E-state index contributed by atoms with van der Waals surface area (Å²) in [6, 6.07) is -0.495. The van der Waals surface area contributed by atoms with Crippen LogP contribution in [0, 0.1) is 0 Å². The maximum Gasteiger partial charge on any atom is 0.247 e. The van der Waals surface area contributed by atoms with Gasteiger partial charge in [-0.25, -0.2) is 0 Å². The molecule has 1 amide bonds. The Kier molecular flexibility index (Phi) is 11.9. The van der Waals surface area contributed by atoms with Crippen molar-refractivity contribution >= 4 is 5.91 Å². The third-order valence-electron chi connectivity index (χ3n) is 5.77. The van der Waals surface area contributed by atoms with E-state index >= 15 is 0 Å². The van der Waals surface area contributed by atoms with Crippen LogP contribution in [-0.4, -0.2) is 56.5 Å². The minimum atomic E-state index is -0.729. The first-order valence-corrected chi connectivity index (χ1v) is 12.0. The number of carbonyl (C=O) groups is 1. The molecule has 5 nitrogen and oxygen atoms in total. The zero-order valence-corrected chi connectivity index (χ0v) is 19.8. The Hall–Kier alpha value is -2.47. The average molecular weight is 454 g/mol. The Bertz CT molecular complexity index is 818. The van der Waals surface area contributed by atoms with E-state index in [0.29, 0.717) is 19.3 Å². The lowest BCUT2D eigenvalue weighted by Gasteiger charge is -2.28. The number of amides is 1. The molecule has 0 spiro atoms. The van der Waals surface area contributed by atoms with E-state index < -0.39 is 24.4 Å². The molecule has 33 heavy (non-hydrogen) atoms. The molecule has 0 aromatic heterocycles. The second-order valence-corrected chi connectivity index (χ2v) is 8.71. The van der Waals surface area contributed by atoms with Crippen LogP contribution in [-0.2, 0) is 4.79 Å². The van der Waals surface area contributed by atoms with Crippen LogP contribution in [0.3, 0.4) is 0 Å². The van der Waals surface area contributed by atoms with Gasteiger partial charge in [0.1, 0.15) is 0 Å². The molecule has 0 saturated carbocycles. The number of unbranched alkanes of at least 4 members (excludes halogenated alkanes) is 1. The highest BCUT2D eigenvalue weighted by Crippen LogP contribution is 2.29. The van der Waals surface area contributed by atoms with Crippen LogP contribution in [0.15, 0.2) is 84.6 Å². The topological polar surface area (TPSA) is 81.0 Å². The third-order valence-corrected chi connectivity index (χ3v) is 5.77. The van der Waals surface area contributed by atoms with Gasteiger partial charge in [0, 0.05) is 18.5 Å². The lowest BCUT2D eigenvalue weighted by atomic mass is 10.1. The fourth-order valence-corrected chi connectivity index (χ4v) is 4.06. The summed E-state index contributed by atoms with van der Waals surface area (Å²) in [5, 5.41) is 30.9. The van der Waals surface area contributed by atoms with Gasteiger partial charge >= 0.3 is 0 Å². The predicted octanol–water partition coefficient (Wildman–Crippen LogP) is 4.31. The Morgan fingerprint density at radius 2 is 1.79 bits per heavy atom. The van der Waals surface area contributed by atoms with Crippen molar-refractivity contribution in [3.63, 3.8) is 0 Å². The lowest BCUT2D eigenvalue weighted by molar-refractivity contribution is -0.128. The first kappa shape index (κ1) is 26.8. The van der Waals surface area contributed by atoms with Gasteiger partial charge in [0.2, 0.25) is 5.91 Å². The first-order chi connectivity index (χ1) is 15.9. The summed E-state index contributed by atoms with van der Waals surface area (Å²) in [6.07, 6.45) is 25.9. The highest BCUT2D eigenvalue weighted by Gasteiger charge is 2.40. The minimum absolute atomic E-state index is 0.0890. The molecule has 3 N–H and O–H groups in total. The molecule has 2 heterocycles. The maximum atomic E-state index is 13.1. The molecule has 2 aliphatic heterocycles. The fourth-order valence-electron chi connectivity index (χ4n) is 4.06. The third kappa shape index (κ3) is 9.50. The molecule has 0 aromatic carbocycles. The Morgan fingerprint density at radius 1 is 1.03 bits per heavy atom. The molecular weight excluding hydrogens is 414 g/mol. The van der Waals surface area contributed by atoms with Crippen LogP contribution in [0.2, 0.25) is 0 Å². The van der Waals surface area contributed by atoms with E-state index in [9.17, 15) is 20.1 Å². The average Bonchev–Trinajstić information content (AvgIpc) is 3.07. The van der Waals surface area contributed by atoms with Crippen molar-refractivity contribution in [3.05, 3.63) is 84.6 Å². The molecule has 0 radical (unpaired) electrons. The molecule has 180 valence electrons. The van der Waals surface area contributed by atoms with Gasteiger partial charge in [0.05, 0.1) is 24.4 Å². The van der Waals surface area contributed by atoms with Crippen molar-refractivity contribution in [1.29, 1.82) is 0 Å². The standard InChI is InChI=1S/C28H39NO4/c1-3-4-5-6-7-9-15-23-20-27(32)26-19-22(2)14-12-13-17-25(31)21-24(30)16-10-8-11-18-28(33)29(23)26/h5-14,17-19,23-27,30-32H,3-4,15-16,20-21H2,1-2H3. The smallest absolute Gasteiger partial charge is 0.247 e. The van der Waals surface area contributed by atoms with E-state index in [2.05, 4.69) is 19.1 Å². The van der Waals surface area contributed by atoms with Gasteiger partial charge < -0.3 is 20.2 Å². The monoisotopic (exact) mass is 453 g/mol. The molecule has 2 rings (SSSR count). The first-order valence-electron chi connectivity index (χ1n) is 12.0. The van der Waals surface area contributed by atoms with Crippen molar-refractivity contribution in [2.45, 2.75) is 82.8 Å². The lowest BCUT2D eigenvalue weighted by Crippen LogP contribution is -2.41. The SMILES string of the molecule is CCCC=CC=CCC1CC(O)C2C=C(C)C=CC=CC(O)CC(O)CC=CC=CC(=O)N12. The molecule has 2 aliphatic rings. The van der Waals surface area contributed by atoms with Crippen LogP contribution in [0.5, 0.6) is 0 Å². The summed E-state index contributed by atoms with van der Waals surface area (Å²) in [7, 11) is 0. The molecule has 5 unspecified atom stereocenters. The van der Waals surface area contributed by atoms with Crippen LogP contribution < -0.4 is 0 Å². The van der Waals surface area contributed by atoms with Crippen LogP contribution in [0.4, 0.5) is 0 Å². The number of hydrogen-bond acceptors (Lipinski definition) is 4. The van der Waals surface area contributed by atoms with Gasteiger partial charge in [-0.2, -0.15) is 0 Å². The molecule has 5 atom stereocenters. The molecule has 0 aromatic rings. The number of fused-ring (bicyclic) bond motifs is 1. The summed E-state index contributed by atoms with van der Waals surface area (Å²) >= 11 is 0. The Morgan fingerprint density at radius 3 is 2.58 bits per heavy atom.